The molecule has 1 amide bonds. The molecule has 0 radical (unpaired) electrons. The standard InChI is InChI=1S/C12H24N2O2/c1-9(2)14(10-6-7-13-8-10)11(15)16-12(3,4)5/h9-10,13H,6-8H2,1-5H3/t10-/m0/s1. The second-order valence-corrected chi connectivity index (χ2v) is 5.63. The van der Waals surface area contributed by atoms with Crippen LogP contribution in [0.4, 0.5) is 4.79 Å². The molecule has 1 heterocycles. The van der Waals surface area contributed by atoms with Gasteiger partial charge in [-0.05, 0) is 47.6 Å². The zero-order valence-corrected chi connectivity index (χ0v) is 11.0. The van der Waals surface area contributed by atoms with Crippen LogP contribution in [0, 0.1) is 0 Å². The third-order valence-electron chi connectivity index (χ3n) is 2.59. The van der Waals surface area contributed by atoms with Gasteiger partial charge in [-0.15, -0.1) is 0 Å². The zero-order chi connectivity index (χ0) is 12.3. The number of carbonyl (C=O) groups excluding carboxylic acids is 1. The molecule has 1 rings (SSSR count). The minimum atomic E-state index is -0.420. The van der Waals surface area contributed by atoms with Crippen molar-refractivity contribution < 1.29 is 9.53 Å². The van der Waals surface area contributed by atoms with Crippen molar-refractivity contribution in [3.05, 3.63) is 0 Å². The quantitative estimate of drug-likeness (QED) is 0.786. The summed E-state index contributed by atoms with van der Waals surface area (Å²) in [6.07, 6.45) is 0.813. The number of nitrogens with zero attached hydrogens (tertiary/aromatic N) is 1. The Bertz CT molecular complexity index is 240. The lowest BCUT2D eigenvalue weighted by molar-refractivity contribution is 0.0105. The molecule has 0 bridgehead atoms. The molecule has 0 aliphatic carbocycles. The number of rotatable bonds is 2. The Labute approximate surface area is 98.3 Å². The lowest BCUT2D eigenvalue weighted by Crippen LogP contribution is -2.48. The first kappa shape index (κ1) is 13.3. The van der Waals surface area contributed by atoms with Gasteiger partial charge < -0.3 is 15.0 Å². The zero-order valence-electron chi connectivity index (χ0n) is 11.0. The maximum atomic E-state index is 12.1. The molecule has 0 spiro atoms. The van der Waals surface area contributed by atoms with Crippen LogP contribution in [0.15, 0.2) is 0 Å². The van der Waals surface area contributed by atoms with Crippen molar-refractivity contribution in [3.8, 4) is 0 Å². The first-order chi connectivity index (χ1) is 7.31. The fourth-order valence-corrected chi connectivity index (χ4v) is 1.97. The second-order valence-electron chi connectivity index (χ2n) is 5.63. The van der Waals surface area contributed by atoms with E-state index in [-0.39, 0.29) is 18.2 Å². The molecular weight excluding hydrogens is 204 g/mol. The van der Waals surface area contributed by atoms with E-state index in [1.165, 1.54) is 0 Å². The van der Waals surface area contributed by atoms with Crippen molar-refractivity contribution in [1.82, 2.24) is 10.2 Å². The smallest absolute Gasteiger partial charge is 0.410 e. The third-order valence-corrected chi connectivity index (χ3v) is 2.59. The predicted molar refractivity (Wildman–Crippen MR) is 64.5 cm³/mol. The Morgan fingerprint density at radius 3 is 2.44 bits per heavy atom. The molecule has 4 nitrogen and oxygen atoms in total. The van der Waals surface area contributed by atoms with E-state index < -0.39 is 5.60 Å². The van der Waals surface area contributed by atoms with Gasteiger partial charge in [-0.2, -0.15) is 0 Å². The first-order valence-corrected chi connectivity index (χ1v) is 6.03. The van der Waals surface area contributed by atoms with Gasteiger partial charge in [-0.3, -0.25) is 0 Å². The van der Waals surface area contributed by atoms with E-state index >= 15 is 0 Å². The minimum absolute atomic E-state index is 0.180. The first-order valence-electron chi connectivity index (χ1n) is 6.03. The number of ether oxygens (including phenoxy) is 1. The molecule has 0 aromatic rings. The van der Waals surface area contributed by atoms with Gasteiger partial charge in [0.15, 0.2) is 0 Å². The van der Waals surface area contributed by atoms with E-state index in [9.17, 15) is 4.79 Å². The largest absolute Gasteiger partial charge is 0.444 e. The average molecular weight is 228 g/mol. The van der Waals surface area contributed by atoms with Gasteiger partial charge in [-0.25, -0.2) is 4.79 Å². The average Bonchev–Trinajstić information content (AvgIpc) is 2.52. The molecule has 1 N–H and O–H groups in total. The Hall–Kier alpha value is -0.770. The van der Waals surface area contributed by atoms with E-state index in [1.807, 2.05) is 39.5 Å². The highest BCUT2D eigenvalue weighted by atomic mass is 16.6. The summed E-state index contributed by atoms with van der Waals surface area (Å²) in [5, 5.41) is 3.28. The second kappa shape index (κ2) is 5.04. The monoisotopic (exact) mass is 228 g/mol. The number of amides is 1. The number of nitrogens with one attached hydrogen (secondary N) is 1. The number of hydrogen-bond donors (Lipinski definition) is 1. The van der Waals surface area contributed by atoms with Gasteiger partial charge in [0.2, 0.25) is 0 Å². The van der Waals surface area contributed by atoms with Crippen LogP contribution in [0.5, 0.6) is 0 Å². The van der Waals surface area contributed by atoms with E-state index in [0.29, 0.717) is 0 Å². The maximum Gasteiger partial charge on any atom is 0.410 e. The molecule has 0 saturated carbocycles. The van der Waals surface area contributed by atoms with Crippen LogP contribution in [-0.4, -0.2) is 41.8 Å². The van der Waals surface area contributed by atoms with Crippen LogP contribution in [0.25, 0.3) is 0 Å². The van der Waals surface area contributed by atoms with Crippen molar-refractivity contribution in [2.75, 3.05) is 13.1 Å². The molecule has 1 fully saturated rings. The molecule has 0 unspecified atom stereocenters. The SMILES string of the molecule is CC(C)N(C(=O)OC(C)(C)C)[C@H]1CCNC1. The Balaban J connectivity index is 2.66. The fraction of sp³-hybridized carbons (Fsp3) is 0.917. The Morgan fingerprint density at radius 1 is 1.44 bits per heavy atom. The highest BCUT2D eigenvalue weighted by Gasteiger charge is 2.31. The van der Waals surface area contributed by atoms with Crippen molar-refractivity contribution >= 4 is 6.09 Å². The van der Waals surface area contributed by atoms with Crippen molar-refractivity contribution in [1.29, 1.82) is 0 Å². The topological polar surface area (TPSA) is 41.6 Å². The maximum absolute atomic E-state index is 12.1. The van der Waals surface area contributed by atoms with Crippen LogP contribution in [-0.2, 0) is 4.74 Å². The summed E-state index contributed by atoms with van der Waals surface area (Å²) in [6.45, 7) is 11.6. The molecule has 1 aliphatic heterocycles. The summed E-state index contributed by atoms with van der Waals surface area (Å²) in [6, 6.07) is 0.453. The van der Waals surface area contributed by atoms with Crippen LogP contribution >= 0.6 is 0 Å². The van der Waals surface area contributed by atoms with Crippen LogP contribution in [0.3, 0.4) is 0 Å². The minimum Gasteiger partial charge on any atom is -0.444 e. The molecular formula is C12H24N2O2. The van der Waals surface area contributed by atoms with E-state index in [2.05, 4.69) is 5.32 Å². The summed E-state index contributed by atoms with van der Waals surface area (Å²) in [5.74, 6) is 0. The van der Waals surface area contributed by atoms with E-state index in [1.54, 1.807) is 0 Å². The molecule has 4 heteroatoms. The van der Waals surface area contributed by atoms with Gasteiger partial charge >= 0.3 is 6.09 Å². The molecule has 94 valence electrons. The third kappa shape index (κ3) is 3.67. The Kier molecular flexibility index (Phi) is 4.19. The van der Waals surface area contributed by atoms with Crippen molar-refractivity contribution in [2.45, 2.75) is 58.7 Å². The van der Waals surface area contributed by atoms with Crippen LogP contribution in [0.1, 0.15) is 41.0 Å². The molecule has 16 heavy (non-hydrogen) atoms. The van der Waals surface area contributed by atoms with Gasteiger partial charge in [0.25, 0.3) is 0 Å². The van der Waals surface area contributed by atoms with Crippen molar-refractivity contribution in [2.24, 2.45) is 0 Å². The summed E-state index contributed by atoms with van der Waals surface area (Å²) in [5.41, 5.74) is -0.420. The van der Waals surface area contributed by atoms with E-state index in [0.717, 1.165) is 19.5 Å². The molecule has 0 aromatic heterocycles. The highest BCUT2D eigenvalue weighted by molar-refractivity contribution is 5.69. The predicted octanol–water partition coefficient (Wildman–Crippen LogP) is 1.99. The Morgan fingerprint density at radius 2 is 2.06 bits per heavy atom. The van der Waals surface area contributed by atoms with Gasteiger partial charge in [0.1, 0.15) is 5.60 Å². The summed E-state index contributed by atoms with van der Waals surface area (Å²) < 4.78 is 5.43. The van der Waals surface area contributed by atoms with Crippen LogP contribution < -0.4 is 5.32 Å². The summed E-state index contributed by atoms with van der Waals surface area (Å²) >= 11 is 0. The fourth-order valence-electron chi connectivity index (χ4n) is 1.97. The lowest BCUT2D eigenvalue weighted by Gasteiger charge is -2.34. The summed E-state index contributed by atoms with van der Waals surface area (Å²) in [7, 11) is 0. The van der Waals surface area contributed by atoms with Gasteiger partial charge in [0, 0.05) is 18.6 Å². The highest BCUT2D eigenvalue weighted by Crippen LogP contribution is 2.17. The van der Waals surface area contributed by atoms with E-state index in [4.69, 9.17) is 4.74 Å². The normalized spacial score (nSPS) is 21.2. The summed E-state index contributed by atoms with van der Waals surface area (Å²) in [4.78, 5) is 13.9. The molecule has 1 atom stereocenters. The molecule has 1 saturated heterocycles. The molecule has 0 aromatic carbocycles. The number of hydrogen-bond acceptors (Lipinski definition) is 3. The van der Waals surface area contributed by atoms with Crippen molar-refractivity contribution in [3.63, 3.8) is 0 Å². The van der Waals surface area contributed by atoms with Gasteiger partial charge in [0.05, 0.1) is 0 Å². The number of carbonyl (C=O) groups is 1. The van der Waals surface area contributed by atoms with Crippen LogP contribution in [0.2, 0.25) is 0 Å². The lowest BCUT2D eigenvalue weighted by atomic mass is 10.2. The molecule has 1 aliphatic rings. The van der Waals surface area contributed by atoms with Gasteiger partial charge in [-0.1, -0.05) is 0 Å².